The van der Waals surface area contributed by atoms with Crippen molar-refractivity contribution in [2.45, 2.75) is 0 Å². The molecule has 0 bridgehead atoms. The zero-order valence-corrected chi connectivity index (χ0v) is 9.48. The monoisotopic (exact) mass is 238 g/mol. The van der Waals surface area contributed by atoms with Crippen molar-refractivity contribution in [2.24, 2.45) is 0 Å². The average molecular weight is 238 g/mol. The molecule has 0 unspecified atom stereocenters. The predicted molar refractivity (Wildman–Crippen MR) is 68.0 cm³/mol. The van der Waals surface area contributed by atoms with E-state index < -0.39 is 0 Å². The van der Waals surface area contributed by atoms with Gasteiger partial charge >= 0.3 is 0 Å². The van der Waals surface area contributed by atoms with Gasteiger partial charge in [0.05, 0.1) is 10.2 Å². The molecule has 4 nitrogen and oxygen atoms in total. The van der Waals surface area contributed by atoms with E-state index >= 15 is 0 Å². The van der Waals surface area contributed by atoms with E-state index in [4.69, 9.17) is 0 Å². The molecule has 0 atom stereocenters. The summed E-state index contributed by atoms with van der Waals surface area (Å²) in [6.07, 6.45) is 5.11. The SMILES string of the molecule is c1cnc2sc3cc4cncnc4nc3c2c1. The van der Waals surface area contributed by atoms with E-state index in [1.165, 1.54) is 6.33 Å². The van der Waals surface area contributed by atoms with Crippen molar-refractivity contribution in [3.05, 3.63) is 36.9 Å². The number of nitrogens with zero attached hydrogens (tertiary/aromatic N) is 4. The molecule has 4 aromatic rings. The topological polar surface area (TPSA) is 51.6 Å². The van der Waals surface area contributed by atoms with Crippen LogP contribution in [0.15, 0.2) is 36.9 Å². The van der Waals surface area contributed by atoms with E-state index in [0.717, 1.165) is 31.5 Å². The van der Waals surface area contributed by atoms with Crippen molar-refractivity contribution < 1.29 is 0 Å². The standard InChI is InChI=1S/C12H6N4S/c1-2-8-10-9(17-12(8)14-3-1)4-7-5-13-6-15-11(7)16-10/h1-6H. The smallest absolute Gasteiger partial charge is 0.163 e. The molecule has 0 saturated carbocycles. The summed E-state index contributed by atoms with van der Waals surface area (Å²) in [5.41, 5.74) is 1.71. The van der Waals surface area contributed by atoms with Gasteiger partial charge in [-0.05, 0) is 18.2 Å². The lowest BCUT2D eigenvalue weighted by Gasteiger charge is -1.95. The minimum atomic E-state index is 0.732. The van der Waals surface area contributed by atoms with Crippen molar-refractivity contribution >= 4 is 42.8 Å². The van der Waals surface area contributed by atoms with Gasteiger partial charge in [-0.1, -0.05) is 0 Å². The molecule has 0 amide bonds. The summed E-state index contributed by atoms with van der Waals surface area (Å²) in [6, 6.07) is 6.05. The van der Waals surface area contributed by atoms with Crippen LogP contribution >= 0.6 is 11.3 Å². The Morgan fingerprint density at radius 2 is 2.18 bits per heavy atom. The quantitative estimate of drug-likeness (QED) is 0.472. The van der Waals surface area contributed by atoms with E-state index in [2.05, 4.69) is 26.0 Å². The van der Waals surface area contributed by atoms with Gasteiger partial charge in [0.1, 0.15) is 11.2 Å². The summed E-state index contributed by atoms with van der Waals surface area (Å²) in [6.45, 7) is 0. The lowest BCUT2D eigenvalue weighted by Crippen LogP contribution is -1.84. The van der Waals surface area contributed by atoms with Crippen LogP contribution in [0.4, 0.5) is 0 Å². The van der Waals surface area contributed by atoms with Gasteiger partial charge in [-0.2, -0.15) is 0 Å². The molecule has 5 heteroatoms. The van der Waals surface area contributed by atoms with Crippen molar-refractivity contribution in [1.29, 1.82) is 0 Å². The number of rotatable bonds is 0. The number of fused-ring (bicyclic) bond motifs is 4. The van der Waals surface area contributed by atoms with Crippen LogP contribution in [0.3, 0.4) is 0 Å². The Morgan fingerprint density at radius 1 is 1.18 bits per heavy atom. The first-order valence-electron chi connectivity index (χ1n) is 5.16. The molecule has 0 aromatic carbocycles. The molecule has 0 aliphatic rings. The van der Waals surface area contributed by atoms with Crippen molar-refractivity contribution in [3.63, 3.8) is 0 Å². The van der Waals surface area contributed by atoms with Crippen LogP contribution in [0.1, 0.15) is 0 Å². The molecular weight excluding hydrogens is 232 g/mol. The van der Waals surface area contributed by atoms with Gasteiger partial charge in [0.2, 0.25) is 0 Å². The van der Waals surface area contributed by atoms with Crippen LogP contribution in [-0.4, -0.2) is 19.9 Å². The number of aromatic nitrogens is 4. The second-order valence-electron chi connectivity index (χ2n) is 3.73. The maximum atomic E-state index is 4.59. The zero-order valence-electron chi connectivity index (χ0n) is 8.66. The van der Waals surface area contributed by atoms with Crippen LogP contribution in [0.5, 0.6) is 0 Å². The Kier molecular flexibility index (Phi) is 1.67. The molecule has 0 aliphatic heterocycles. The van der Waals surface area contributed by atoms with Gasteiger partial charge in [-0.3, -0.25) is 0 Å². The van der Waals surface area contributed by atoms with Gasteiger partial charge in [0.25, 0.3) is 0 Å². The first-order valence-corrected chi connectivity index (χ1v) is 5.97. The van der Waals surface area contributed by atoms with Crippen LogP contribution in [0.2, 0.25) is 0 Å². The lowest BCUT2D eigenvalue weighted by molar-refractivity contribution is 1.20. The summed E-state index contributed by atoms with van der Waals surface area (Å²) in [4.78, 5) is 18.1. The molecule has 4 heterocycles. The Balaban J connectivity index is 2.28. The van der Waals surface area contributed by atoms with Crippen molar-refractivity contribution in [1.82, 2.24) is 19.9 Å². The normalized spacial score (nSPS) is 11.5. The molecule has 17 heavy (non-hydrogen) atoms. The summed E-state index contributed by atoms with van der Waals surface area (Å²) in [5.74, 6) is 0. The first-order chi connectivity index (χ1) is 8.42. The molecule has 0 N–H and O–H groups in total. The Hall–Kier alpha value is -2.14. The molecule has 4 rings (SSSR count). The third kappa shape index (κ3) is 1.23. The van der Waals surface area contributed by atoms with Crippen LogP contribution in [0, 0.1) is 0 Å². The summed E-state index contributed by atoms with van der Waals surface area (Å²) in [7, 11) is 0. The minimum absolute atomic E-state index is 0.732. The second kappa shape index (κ2) is 3.18. The average Bonchev–Trinajstić information content (AvgIpc) is 2.73. The fraction of sp³-hybridized carbons (Fsp3) is 0. The minimum Gasteiger partial charge on any atom is -0.245 e. The molecule has 0 spiro atoms. The Labute approximate surface area is 100.0 Å². The van der Waals surface area contributed by atoms with Gasteiger partial charge in [-0.25, -0.2) is 19.9 Å². The number of thiophene rings is 1. The Bertz CT molecular complexity index is 847. The van der Waals surface area contributed by atoms with Crippen molar-refractivity contribution in [3.8, 4) is 0 Å². The molecule has 0 fully saturated rings. The molecule has 4 aromatic heterocycles. The van der Waals surface area contributed by atoms with Crippen LogP contribution < -0.4 is 0 Å². The number of hydrogen-bond acceptors (Lipinski definition) is 5. The highest BCUT2D eigenvalue weighted by Crippen LogP contribution is 2.32. The van der Waals surface area contributed by atoms with E-state index in [1.807, 2.05) is 12.1 Å². The lowest BCUT2D eigenvalue weighted by atomic mass is 10.2. The number of hydrogen-bond donors (Lipinski definition) is 0. The second-order valence-corrected chi connectivity index (χ2v) is 4.76. The van der Waals surface area contributed by atoms with E-state index in [0.29, 0.717) is 0 Å². The Morgan fingerprint density at radius 3 is 3.18 bits per heavy atom. The van der Waals surface area contributed by atoms with E-state index in [9.17, 15) is 0 Å². The van der Waals surface area contributed by atoms with Gasteiger partial charge in [-0.15, -0.1) is 11.3 Å². The van der Waals surface area contributed by atoms with E-state index in [-0.39, 0.29) is 0 Å². The summed E-state index contributed by atoms with van der Waals surface area (Å²) in [5, 5.41) is 2.06. The fourth-order valence-corrected chi connectivity index (χ4v) is 2.96. The van der Waals surface area contributed by atoms with Crippen LogP contribution in [0.25, 0.3) is 31.5 Å². The van der Waals surface area contributed by atoms with Gasteiger partial charge in [0.15, 0.2) is 5.65 Å². The predicted octanol–water partition coefficient (Wildman–Crippen LogP) is 2.79. The van der Waals surface area contributed by atoms with E-state index in [1.54, 1.807) is 23.7 Å². The highest BCUT2D eigenvalue weighted by Gasteiger charge is 2.08. The number of pyridine rings is 2. The maximum Gasteiger partial charge on any atom is 0.163 e. The van der Waals surface area contributed by atoms with Crippen LogP contribution in [-0.2, 0) is 0 Å². The first kappa shape index (κ1) is 8.95. The molecule has 0 aliphatic carbocycles. The fourth-order valence-electron chi connectivity index (χ4n) is 1.93. The maximum absolute atomic E-state index is 4.59. The zero-order chi connectivity index (χ0) is 11.2. The summed E-state index contributed by atoms with van der Waals surface area (Å²) < 4.78 is 1.13. The molecule has 80 valence electrons. The molecule has 0 radical (unpaired) electrons. The largest absolute Gasteiger partial charge is 0.245 e. The van der Waals surface area contributed by atoms with Gasteiger partial charge < -0.3 is 0 Å². The van der Waals surface area contributed by atoms with Gasteiger partial charge in [0, 0.05) is 23.2 Å². The highest BCUT2D eigenvalue weighted by atomic mass is 32.1. The third-order valence-electron chi connectivity index (χ3n) is 2.69. The third-order valence-corrected chi connectivity index (χ3v) is 3.74. The summed E-state index contributed by atoms with van der Waals surface area (Å²) >= 11 is 1.65. The highest BCUT2D eigenvalue weighted by molar-refractivity contribution is 7.25. The molecule has 0 saturated heterocycles. The molecular formula is C12H6N4S. The van der Waals surface area contributed by atoms with Crippen molar-refractivity contribution in [2.75, 3.05) is 0 Å².